The number of hydrogen-bond acceptors (Lipinski definition) is 2. The molecule has 0 spiro atoms. The second-order valence-electron chi connectivity index (χ2n) is 6.72. The van der Waals surface area contributed by atoms with Crippen LogP contribution in [-0.2, 0) is 0 Å². The summed E-state index contributed by atoms with van der Waals surface area (Å²) in [6, 6.07) is 1.43. The molecule has 2 heteroatoms. The highest BCUT2D eigenvalue weighted by molar-refractivity contribution is 4.81. The summed E-state index contributed by atoms with van der Waals surface area (Å²) >= 11 is 0. The van der Waals surface area contributed by atoms with E-state index in [2.05, 4.69) is 45.1 Å². The third kappa shape index (κ3) is 6.42. The van der Waals surface area contributed by atoms with Crippen molar-refractivity contribution in [2.75, 3.05) is 20.6 Å². The number of rotatable bonds is 6. The van der Waals surface area contributed by atoms with Gasteiger partial charge in [0.2, 0.25) is 0 Å². The van der Waals surface area contributed by atoms with Crippen LogP contribution in [0.1, 0.15) is 52.9 Å². The average Bonchev–Trinajstić information content (AvgIpc) is 2.14. The highest BCUT2D eigenvalue weighted by atomic mass is 15.1. The monoisotopic (exact) mass is 240 g/mol. The van der Waals surface area contributed by atoms with Crippen molar-refractivity contribution >= 4 is 0 Å². The van der Waals surface area contributed by atoms with Crippen LogP contribution in [0.3, 0.4) is 0 Å². The molecule has 3 atom stereocenters. The Hall–Kier alpha value is -0.0800. The summed E-state index contributed by atoms with van der Waals surface area (Å²) in [5.41, 5.74) is 0. The van der Waals surface area contributed by atoms with Gasteiger partial charge in [-0.25, -0.2) is 0 Å². The van der Waals surface area contributed by atoms with E-state index in [1.165, 1.54) is 38.6 Å². The van der Waals surface area contributed by atoms with Gasteiger partial charge in [0.15, 0.2) is 0 Å². The Morgan fingerprint density at radius 2 is 1.94 bits per heavy atom. The number of nitrogens with zero attached hydrogens (tertiary/aromatic N) is 1. The third-order valence-electron chi connectivity index (χ3n) is 3.75. The zero-order valence-electron chi connectivity index (χ0n) is 12.5. The minimum atomic E-state index is 0.667. The van der Waals surface area contributed by atoms with Gasteiger partial charge in [-0.3, -0.25) is 0 Å². The van der Waals surface area contributed by atoms with Gasteiger partial charge in [-0.2, -0.15) is 0 Å². The SMILES string of the molecule is CC(C)CC(CN(C)C)NC1CCCC(C)C1. The van der Waals surface area contributed by atoms with Gasteiger partial charge in [-0.1, -0.05) is 33.6 Å². The number of hydrogen-bond donors (Lipinski definition) is 1. The van der Waals surface area contributed by atoms with Crippen LogP contribution in [-0.4, -0.2) is 37.6 Å². The minimum absolute atomic E-state index is 0.667. The highest BCUT2D eigenvalue weighted by Crippen LogP contribution is 2.24. The molecule has 0 radical (unpaired) electrons. The molecule has 1 aliphatic carbocycles. The summed E-state index contributed by atoms with van der Waals surface area (Å²) in [5, 5.41) is 3.91. The van der Waals surface area contributed by atoms with E-state index >= 15 is 0 Å². The maximum absolute atomic E-state index is 3.91. The summed E-state index contributed by atoms with van der Waals surface area (Å²) in [6.45, 7) is 8.22. The lowest BCUT2D eigenvalue weighted by atomic mass is 9.86. The van der Waals surface area contributed by atoms with Crippen LogP contribution in [0.4, 0.5) is 0 Å². The van der Waals surface area contributed by atoms with E-state index in [0.717, 1.165) is 17.9 Å². The molecule has 0 aromatic heterocycles. The van der Waals surface area contributed by atoms with E-state index in [9.17, 15) is 0 Å². The molecule has 0 aromatic rings. The molecule has 3 unspecified atom stereocenters. The molecule has 1 rings (SSSR count). The van der Waals surface area contributed by atoms with Gasteiger partial charge in [-0.15, -0.1) is 0 Å². The maximum atomic E-state index is 3.91. The quantitative estimate of drug-likeness (QED) is 0.767. The first-order valence-corrected chi connectivity index (χ1v) is 7.38. The number of likely N-dealkylation sites (N-methyl/N-ethyl adjacent to an activating group) is 1. The maximum Gasteiger partial charge on any atom is 0.0199 e. The molecule has 1 aliphatic rings. The fourth-order valence-corrected chi connectivity index (χ4v) is 3.12. The van der Waals surface area contributed by atoms with Crippen molar-refractivity contribution < 1.29 is 0 Å². The Bertz CT molecular complexity index is 191. The summed E-state index contributed by atoms with van der Waals surface area (Å²) in [6.07, 6.45) is 6.90. The van der Waals surface area contributed by atoms with E-state index in [-0.39, 0.29) is 0 Å². The third-order valence-corrected chi connectivity index (χ3v) is 3.75. The van der Waals surface area contributed by atoms with Crippen molar-refractivity contribution in [3.63, 3.8) is 0 Å². The zero-order chi connectivity index (χ0) is 12.8. The van der Waals surface area contributed by atoms with Crippen molar-refractivity contribution in [1.82, 2.24) is 10.2 Å². The standard InChI is InChI=1S/C15H32N2/c1-12(2)9-15(11-17(4)5)16-14-8-6-7-13(3)10-14/h12-16H,6-11H2,1-5H3. The molecular weight excluding hydrogens is 208 g/mol. The van der Waals surface area contributed by atoms with Crippen molar-refractivity contribution in [3.05, 3.63) is 0 Å². The molecule has 0 aromatic carbocycles. The Morgan fingerprint density at radius 3 is 2.47 bits per heavy atom. The van der Waals surface area contributed by atoms with Crippen LogP contribution in [0.15, 0.2) is 0 Å². The fraction of sp³-hybridized carbons (Fsp3) is 1.00. The predicted octanol–water partition coefficient (Wildman–Crippen LogP) is 3.13. The number of nitrogens with one attached hydrogen (secondary N) is 1. The van der Waals surface area contributed by atoms with Crippen molar-refractivity contribution in [1.29, 1.82) is 0 Å². The van der Waals surface area contributed by atoms with Crippen LogP contribution in [0.25, 0.3) is 0 Å². The second-order valence-corrected chi connectivity index (χ2v) is 6.72. The lowest BCUT2D eigenvalue weighted by Crippen LogP contribution is -2.46. The van der Waals surface area contributed by atoms with Gasteiger partial charge in [0.05, 0.1) is 0 Å². The van der Waals surface area contributed by atoms with E-state index < -0.39 is 0 Å². The van der Waals surface area contributed by atoms with Gasteiger partial charge >= 0.3 is 0 Å². The average molecular weight is 240 g/mol. The van der Waals surface area contributed by atoms with Crippen molar-refractivity contribution in [3.8, 4) is 0 Å². The first-order chi connectivity index (χ1) is 7.97. The van der Waals surface area contributed by atoms with Crippen molar-refractivity contribution in [2.45, 2.75) is 65.0 Å². The van der Waals surface area contributed by atoms with Gasteiger partial charge < -0.3 is 10.2 Å². The van der Waals surface area contributed by atoms with Crippen LogP contribution >= 0.6 is 0 Å². The fourth-order valence-electron chi connectivity index (χ4n) is 3.12. The molecule has 0 amide bonds. The first-order valence-electron chi connectivity index (χ1n) is 7.38. The van der Waals surface area contributed by atoms with Gasteiger partial charge in [0.25, 0.3) is 0 Å². The normalized spacial score (nSPS) is 27.7. The largest absolute Gasteiger partial charge is 0.310 e. The van der Waals surface area contributed by atoms with Crippen LogP contribution in [0.2, 0.25) is 0 Å². The Kier molecular flexibility index (Phi) is 6.50. The van der Waals surface area contributed by atoms with Gasteiger partial charge in [-0.05, 0) is 45.2 Å². The smallest absolute Gasteiger partial charge is 0.0199 e. The summed E-state index contributed by atoms with van der Waals surface area (Å²) in [5.74, 6) is 1.70. The van der Waals surface area contributed by atoms with Gasteiger partial charge in [0.1, 0.15) is 0 Å². The molecule has 1 saturated carbocycles. The minimum Gasteiger partial charge on any atom is -0.310 e. The second kappa shape index (κ2) is 7.38. The van der Waals surface area contributed by atoms with E-state index in [0.29, 0.717) is 6.04 Å². The molecule has 102 valence electrons. The zero-order valence-corrected chi connectivity index (χ0v) is 12.5. The Balaban J connectivity index is 2.40. The Labute approximate surface area is 108 Å². The van der Waals surface area contributed by atoms with Crippen LogP contribution in [0.5, 0.6) is 0 Å². The molecule has 0 bridgehead atoms. The summed E-state index contributed by atoms with van der Waals surface area (Å²) < 4.78 is 0. The first kappa shape index (κ1) is 15.0. The lowest BCUT2D eigenvalue weighted by molar-refractivity contribution is 0.237. The molecule has 1 fully saturated rings. The summed E-state index contributed by atoms with van der Waals surface area (Å²) in [4.78, 5) is 2.31. The molecular formula is C15H32N2. The topological polar surface area (TPSA) is 15.3 Å². The molecule has 0 aliphatic heterocycles. The highest BCUT2D eigenvalue weighted by Gasteiger charge is 2.22. The van der Waals surface area contributed by atoms with E-state index in [1.54, 1.807) is 0 Å². The van der Waals surface area contributed by atoms with Gasteiger partial charge in [0, 0.05) is 18.6 Å². The molecule has 0 heterocycles. The molecule has 1 N–H and O–H groups in total. The molecule has 2 nitrogen and oxygen atoms in total. The van der Waals surface area contributed by atoms with Crippen LogP contribution in [0, 0.1) is 11.8 Å². The van der Waals surface area contributed by atoms with Crippen molar-refractivity contribution in [2.24, 2.45) is 11.8 Å². The molecule has 17 heavy (non-hydrogen) atoms. The summed E-state index contributed by atoms with van der Waals surface area (Å²) in [7, 11) is 4.36. The van der Waals surface area contributed by atoms with E-state index in [4.69, 9.17) is 0 Å². The Morgan fingerprint density at radius 1 is 1.24 bits per heavy atom. The predicted molar refractivity (Wildman–Crippen MR) is 76.4 cm³/mol. The molecule has 0 saturated heterocycles. The van der Waals surface area contributed by atoms with E-state index in [1.807, 2.05) is 0 Å². The van der Waals surface area contributed by atoms with Crippen LogP contribution < -0.4 is 5.32 Å². The lowest BCUT2D eigenvalue weighted by Gasteiger charge is -2.33.